The predicted octanol–water partition coefficient (Wildman–Crippen LogP) is 5.98. The van der Waals surface area contributed by atoms with Gasteiger partial charge >= 0.3 is 24.1 Å². The Bertz CT molecular complexity index is 987. The summed E-state index contributed by atoms with van der Waals surface area (Å²) >= 11 is 2.39. The first kappa shape index (κ1) is 24.5. The molecule has 0 aromatic heterocycles. The highest BCUT2D eigenvalue weighted by Gasteiger charge is 2.74. The number of benzene rings is 2. The number of anilines is 1. The van der Waals surface area contributed by atoms with Crippen molar-refractivity contribution in [3.05, 3.63) is 63.6 Å². The van der Waals surface area contributed by atoms with E-state index in [2.05, 4.69) is 15.9 Å². The lowest BCUT2D eigenvalue weighted by molar-refractivity contribution is -0.348. The molecule has 2 aromatic rings. The van der Waals surface area contributed by atoms with E-state index in [9.17, 15) is 49.1 Å². The summed E-state index contributed by atoms with van der Waals surface area (Å²) in [6.07, 6.45) is -12.7. The van der Waals surface area contributed by atoms with Crippen molar-refractivity contribution in [2.45, 2.75) is 18.0 Å². The molecule has 2 rings (SSSR count). The second-order valence-corrected chi connectivity index (χ2v) is 6.71. The fraction of sp³-hybridized carbons (Fsp3) is 0.176. The average molecular weight is 523 g/mol. The van der Waals surface area contributed by atoms with E-state index in [1.165, 1.54) is 5.32 Å². The van der Waals surface area contributed by atoms with Crippen molar-refractivity contribution in [1.82, 2.24) is 5.32 Å². The Morgan fingerprint density at radius 2 is 1.35 bits per heavy atom. The van der Waals surface area contributed by atoms with Crippen LogP contribution in [0.3, 0.4) is 0 Å². The van der Waals surface area contributed by atoms with Gasteiger partial charge in [-0.3, -0.25) is 10.1 Å². The zero-order valence-electron chi connectivity index (χ0n) is 14.6. The van der Waals surface area contributed by atoms with Gasteiger partial charge in [0.1, 0.15) is 17.2 Å². The van der Waals surface area contributed by atoms with Crippen LogP contribution >= 0.6 is 15.9 Å². The van der Waals surface area contributed by atoms with Crippen molar-refractivity contribution < 1.29 is 49.1 Å². The van der Waals surface area contributed by atoms with Gasteiger partial charge in [-0.2, -0.15) is 26.3 Å². The first-order valence-electron chi connectivity index (χ1n) is 7.78. The number of urea groups is 1. The van der Waals surface area contributed by atoms with Crippen LogP contribution in [0.2, 0.25) is 0 Å². The van der Waals surface area contributed by atoms with Crippen molar-refractivity contribution in [2.24, 2.45) is 0 Å². The Morgan fingerprint density at radius 3 is 1.81 bits per heavy atom. The molecule has 31 heavy (non-hydrogen) atoms. The molecule has 3 amide bonds. The lowest BCUT2D eigenvalue weighted by Gasteiger charge is -2.31. The van der Waals surface area contributed by atoms with Gasteiger partial charge in [0.2, 0.25) is 0 Å². The summed E-state index contributed by atoms with van der Waals surface area (Å²) in [5.41, 5.74) is -9.12. The van der Waals surface area contributed by atoms with Crippen molar-refractivity contribution in [3.8, 4) is 0 Å². The zero-order valence-corrected chi connectivity index (χ0v) is 16.1. The van der Waals surface area contributed by atoms with Gasteiger partial charge < -0.3 is 5.32 Å². The highest BCUT2D eigenvalue weighted by molar-refractivity contribution is 9.10. The zero-order chi connectivity index (χ0) is 23.8. The molecule has 2 aromatic carbocycles. The molecular formula is C17H8BrF9N2O2. The van der Waals surface area contributed by atoms with E-state index < -0.39 is 62.9 Å². The smallest absolute Gasteiger partial charge is 0.308 e. The number of amides is 3. The first-order valence-corrected chi connectivity index (χ1v) is 8.57. The molecule has 0 heterocycles. The third kappa shape index (κ3) is 4.78. The molecule has 0 aliphatic carbocycles. The molecular weight excluding hydrogens is 515 g/mol. The second-order valence-electron chi connectivity index (χ2n) is 5.85. The molecule has 0 unspecified atom stereocenters. The van der Waals surface area contributed by atoms with Crippen molar-refractivity contribution in [1.29, 1.82) is 0 Å². The Hall–Kier alpha value is -2.77. The molecule has 2 N–H and O–H groups in total. The number of rotatable bonds is 3. The summed E-state index contributed by atoms with van der Waals surface area (Å²) in [5, 5.41) is 3.37. The maximum absolute atomic E-state index is 14.1. The summed E-state index contributed by atoms with van der Waals surface area (Å²) in [6, 6.07) is 2.12. The number of alkyl halides is 7. The Balaban J connectivity index is 2.26. The third-order valence-corrected chi connectivity index (χ3v) is 4.45. The Kier molecular flexibility index (Phi) is 6.64. The minimum atomic E-state index is -6.35. The molecule has 0 atom stereocenters. The fourth-order valence-corrected chi connectivity index (χ4v) is 3.03. The van der Waals surface area contributed by atoms with Gasteiger partial charge in [-0.05, 0) is 24.3 Å². The quantitative estimate of drug-likeness (QED) is 0.487. The number of nitrogens with one attached hydrogen (secondary N) is 2. The molecule has 168 valence electrons. The average Bonchev–Trinajstić information content (AvgIpc) is 2.59. The van der Waals surface area contributed by atoms with Crippen molar-refractivity contribution >= 4 is 33.6 Å². The second kappa shape index (κ2) is 8.40. The first-order chi connectivity index (χ1) is 14.1. The standard InChI is InChI=1S/C17H8BrF9N2O2/c18-9-6-7(4-5-8(9)15(21,16(22,23)24)17(25,26)27)28-14(31)29-13(30)12-10(19)2-1-3-11(12)20/h1-6H,(H2,28,29,30,31). The summed E-state index contributed by atoms with van der Waals surface area (Å²) in [5.74, 6) is -4.10. The lowest BCUT2D eigenvalue weighted by Crippen LogP contribution is -2.50. The van der Waals surface area contributed by atoms with E-state index in [-0.39, 0.29) is 6.07 Å². The van der Waals surface area contributed by atoms with Crippen LogP contribution in [-0.4, -0.2) is 24.3 Å². The van der Waals surface area contributed by atoms with Crippen LogP contribution in [0.15, 0.2) is 40.9 Å². The Morgan fingerprint density at radius 1 is 0.839 bits per heavy atom. The fourth-order valence-electron chi connectivity index (χ4n) is 2.38. The van der Waals surface area contributed by atoms with Gasteiger partial charge in [-0.25, -0.2) is 18.0 Å². The molecule has 0 fully saturated rings. The van der Waals surface area contributed by atoms with Crippen LogP contribution in [0.5, 0.6) is 0 Å². The van der Waals surface area contributed by atoms with Gasteiger partial charge in [0, 0.05) is 15.7 Å². The molecule has 0 saturated carbocycles. The van der Waals surface area contributed by atoms with Gasteiger partial charge in [-0.15, -0.1) is 0 Å². The monoisotopic (exact) mass is 522 g/mol. The maximum Gasteiger partial charge on any atom is 0.435 e. The third-order valence-electron chi connectivity index (χ3n) is 3.80. The topological polar surface area (TPSA) is 58.2 Å². The number of imide groups is 1. The summed E-state index contributed by atoms with van der Waals surface area (Å²) in [7, 11) is 0. The molecule has 0 saturated heterocycles. The van der Waals surface area contributed by atoms with E-state index in [4.69, 9.17) is 0 Å². The number of carbonyl (C=O) groups excluding carboxylic acids is 2. The van der Waals surface area contributed by atoms with Crippen molar-refractivity contribution in [3.63, 3.8) is 0 Å². The maximum atomic E-state index is 14.1. The molecule has 0 aliphatic rings. The van der Waals surface area contributed by atoms with E-state index in [1.54, 1.807) is 0 Å². The normalized spacial score (nSPS) is 12.5. The minimum Gasteiger partial charge on any atom is -0.308 e. The van der Waals surface area contributed by atoms with E-state index >= 15 is 0 Å². The van der Waals surface area contributed by atoms with Crippen LogP contribution < -0.4 is 10.6 Å². The van der Waals surface area contributed by atoms with E-state index in [0.29, 0.717) is 12.1 Å². The number of halogens is 10. The Labute approximate surface area is 175 Å². The minimum absolute atomic E-state index is 0.124. The molecule has 0 spiro atoms. The van der Waals surface area contributed by atoms with Crippen LogP contribution in [-0.2, 0) is 5.67 Å². The lowest BCUT2D eigenvalue weighted by atomic mass is 9.94. The van der Waals surface area contributed by atoms with Gasteiger partial charge in [-0.1, -0.05) is 28.1 Å². The summed E-state index contributed by atoms with van der Waals surface area (Å²) in [6.45, 7) is 0. The molecule has 14 heteroatoms. The molecule has 4 nitrogen and oxygen atoms in total. The molecule has 0 aliphatic heterocycles. The molecule has 0 bridgehead atoms. The number of carbonyl (C=O) groups is 2. The van der Waals surface area contributed by atoms with Gasteiger partial charge in [0.25, 0.3) is 5.91 Å². The van der Waals surface area contributed by atoms with Crippen LogP contribution in [0, 0.1) is 11.6 Å². The van der Waals surface area contributed by atoms with Crippen molar-refractivity contribution in [2.75, 3.05) is 5.32 Å². The predicted molar refractivity (Wildman–Crippen MR) is 91.9 cm³/mol. The molecule has 0 radical (unpaired) electrons. The van der Waals surface area contributed by atoms with Crippen LogP contribution in [0.25, 0.3) is 0 Å². The largest absolute Gasteiger partial charge is 0.435 e. The summed E-state index contributed by atoms with van der Waals surface area (Å²) in [4.78, 5) is 23.6. The number of hydrogen-bond donors (Lipinski definition) is 2. The SMILES string of the molecule is O=C(NC(=O)c1c(F)cccc1F)Nc1ccc(C(F)(C(F)(F)F)C(F)(F)F)c(Br)c1. The van der Waals surface area contributed by atoms with Crippen LogP contribution in [0.1, 0.15) is 15.9 Å². The summed E-state index contributed by atoms with van der Waals surface area (Å²) < 4.78 is 117. The van der Waals surface area contributed by atoms with Gasteiger partial charge in [0.15, 0.2) is 0 Å². The van der Waals surface area contributed by atoms with E-state index in [0.717, 1.165) is 18.2 Å². The highest BCUT2D eigenvalue weighted by Crippen LogP contribution is 2.54. The van der Waals surface area contributed by atoms with Gasteiger partial charge in [0.05, 0.1) is 0 Å². The number of hydrogen-bond acceptors (Lipinski definition) is 2. The van der Waals surface area contributed by atoms with E-state index in [1.807, 2.05) is 5.32 Å². The van der Waals surface area contributed by atoms with Crippen LogP contribution in [0.4, 0.5) is 50.0 Å². The highest BCUT2D eigenvalue weighted by atomic mass is 79.9.